The monoisotopic (exact) mass is 219 g/mol. The highest BCUT2D eigenvalue weighted by Crippen LogP contribution is 2.11. The average molecular weight is 219 g/mol. The molecule has 1 aromatic carbocycles. The summed E-state index contributed by atoms with van der Waals surface area (Å²) in [7, 11) is 3.72. The molecule has 0 saturated carbocycles. The van der Waals surface area contributed by atoms with Crippen LogP contribution in [0.1, 0.15) is 5.56 Å². The van der Waals surface area contributed by atoms with Gasteiger partial charge in [0, 0.05) is 20.1 Å². The average Bonchev–Trinajstić information content (AvgIpc) is 2.73. The Morgan fingerprint density at radius 3 is 2.69 bits per heavy atom. The number of hydrogen-bond acceptors (Lipinski definition) is 4. The second-order valence-corrected chi connectivity index (χ2v) is 3.83. The number of nitrogens with one attached hydrogen (secondary N) is 1. The second kappa shape index (κ2) is 4.88. The summed E-state index contributed by atoms with van der Waals surface area (Å²) in [5.74, 6) is 1.87. The molecule has 0 spiro atoms. The number of hydrogen-bond donors (Lipinski definition) is 1. The van der Waals surface area contributed by atoms with Gasteiger partial charge in [0.05, 0.1) is 13.7 Å². The predicted octanol–water partition coefficient (Wildman–Crippen LogP) is 1.09. The first-order chi connectivity index (χ1) is 7.79. The lowest BCUT2D eigenvalue weighted by Crippen LogP contribution is -2.35. The van der Waals surface area contributed by atoms with Gasteiger partial charge in [-0.3, -0.25) is 4.99 Å². The van der Waals surface area contributed by atoms with E-state index in [1.165, 1.54) is 5.56 Å². The molecule has 0 radical (unpaired) electrons. The van der Waals surface area contributed by atoms with Crippen molar-refractivity contribution in [3.63, 3.8) is 0 Å². The van der Waals surface area contributed by atoms with Crippen LogP contribution < -0.4 is 10.1 Å². The van der Waals surface area contributed by atoms with Crippen molar-refractivity contribution in [2.75, 3.05) is 27.2 Å². The van der Waals surface area contributed by atoms with Gasteiger partial charge in [-0.1, -0.05) is 12.1 Å². The van der Waals surface area contributed by atoms with Crippen molar-refractivity contribution in [3.8, 4) is 5.75 Å². The molecule has 0 saturated heterocycles. The highest BCUT2D eigenvalue weighted by Gasteiger charge is 2.10. The smallest absolute Gasteiger partial charge is 0.194 e. The molecule has 0 amide bonds. The number of methoxy groups -OCH3 is 1. The molecule has 0 aromatic heterocycles. The second-order valence-electron chi connectivity index (χ2n) is 3.83. The van der Waals surface area contributed by atoms with Crippen LogP contribution in [0.15, 0.2) is 29.3 Å². The minimum Gasteiger partial charge on any atom is -0.497 e. The molecule has 1 heterocycles. The van der Waals surface area contributed by atoms with Gasteiger partial charge in [0.25, 0.3) is 0 Å². The van der Waals surface area contributed by atoms with Crippen LogP contribution in [0.25, 0.3) is 0 Å². The predicted molar refractivity (Wildman–Crippen MR) is 64.8 cm³/mol. The van der Waals surface area contributed by atoms with E-state index in [0.717, 1.165) is 31.3 Å². The minimum absolute atomic E-state index is 0.799. The van der Waals surface area contributed by atoms with Gasteiger partial charge in [-0.05, 0) is 17.7 Å². The normalized spacial score (nSPS) is 14.9. The fourth-order valence-corrected chi connectivity index (χ4v) is 1.65. The summed E-state index contributed by atoms with van der Waals surface area (Å²) in [6.07, 6.45) is 0. The van der Waals surface area contributed by atoms with Crippen LogP contribution in [0.5, 0.6) is 5.75 Å². The van der Waals surface area contributed by atoms with Crippen LogP contribution in [0, 0.1) is 0 Å². The van der Waals surface area contributed by atoms with E-state index < -0.39 is 0 Å². The maximum atomic E-state index is 5.11. The van der Waals surface area contributed by atoms with Gasteiger partial charge in [-0.15, -0.1) is 0 Å². The van der Waals surface area contributed by atoms with E-state index in [1.807, 2.05) is 19.2 Å². The number of rotatable bonds is 3. The number of likely N-dealkylation sites (N-methyl/N-ethyl adjacent to an activating group) is 1. The van der Waals surface area contributed by atoms with Gasteiger partial charge in [-0.2, -0.15) is 0 Å². The summed E-state index contributed by atoms with van der Waals surface area (Å²) in [5.41, 5.74) is 1.23. The molecule has 0 aliphatic carbocycles. The molecule has 16 heavy (non-hydrogen) atoms. The fraction of sp³-hybridized carbons (Fsp3) is 0.417. The summed E-state index contributed by atoms with van der Waals surface area (Å²) in [6.45, 7) is 2.69. The van der Waals surface area contributed by atoms with Crippen molar-refractivity contribution in [2.24, 2.45) is 4.99 Å². The molecule has 4 nitrogen and oxygen atoms in total. The quantitative estimate of drug-likeness (QED) is 0.826. The summed E-state index contributed by atoms with van der Waals surface area (Å²) in [4.78, 5) is 6.50. The first-order valence-electron chi connectivity index (χ1n) is 5.42. The zero-order chi connectivity index (χ0) is 11.4. The van der Waals surface area contributed by atoms with Gasteiger partial charge in [0.1, 0.15) is 5.75 Å². The summed E-state index contributed by atoms with van der Waals surface area (Å²) < 4.78 is 5.11. The lowest BCUT2D eigenvalue weighted by Gasteiger charge is -2.15. The van der Waals surface area contributed by atoms with Crippen molar-refractivity contribution in [2.45, 2.75) is 6.54 Å². The number of nitrogens with zero attached hydrogens (tertiary/aromatic N) is 2. The van der Waals surface area contributed by atoms with Crippen molar-refractivity contribution in [1.29, 1.82) is 0 Å². The van der Waals surface area contributed by atoms with Crippen molar-refractivity contribution in [1.82, 2.24) is 10.2 Å². The van der Waals surface area contributed by atoms with E-state index in [-0.39, 0.29) is 0 Å². The Hall–Kier alpha value is -1.71. The van der Waals surface area contributed by atoms with E-state index in [4.69, 9.17) is 4.74 Å². The van der Waals surface area contributed by atoms with Crippen LogP contribution in [-0.2, 0) is 6.54 Å². The highest BCUT2D eigenvalue weighted by molar-refractivity contribution is 5.81. The third kappa shape index (κ3) is 2.45. The molecular formula is C12H17N3O. The van der Waals surface area contributed by atoms with E-state index in [9.17, 15) is 0 Å². The highest BCUT2D eigenvalue weighted by atomic mass is 16.5. The van der Waals surface area contributed by atoms with Crippen molar-refractivity contribution < 1.29 is 4.74 Å². The number of guanidine groups is 1. The van der Waals surface area contributed by atoms with E-state index in [0.29, 0.717) is 0 Å². The van der Waals surface area contributed by atoms with E-state index >= 15 is 0 Å². The number of aliphatic imine (C=N–C) groups is 1. The van der Waals surface area contributed by atoms with Crippen LogP contribution >= 0.6 is 0 Å². The summed E-state index contributed by atoms with van der Waals surface area (Å²) in [6, 6.07) is 8.05. The molecule has 86 valence electrons. The zero-order valence-corrected chi connectivity index (χ0v) is 9.73. The fourth-order valence-electron chi connectivity index (χ4n) is 1.65. The zero-order valence-electron chi connectivity index (χ0n) is 9.73. The van der Waals surface area contributed by atoms with Crippen molar-refractivity contribution in [3.05, 3.63) is 29.8 Å². The Morgan fingerprint density at radius 2 is 2.12 bits per heavy atom. The number of ether oxygens (including phenoxy) is 1. The summed E-state index contributed by atoms with van der Waals surface area (Å²) >= 11 is 0. The Labute approximate surface area is 95.9 Å². The lowest BCUT2D eigenvalue weighted by molar-refractivity contribution is 0.414. The molecule has 1 N–H and O–H groups in total. The van der Waals surface area contributed by atoms with Crippen LogP contribution in [-0.4, -0.2) is 38.1 Å². The van der Waals surface area contributed by atoms with Crippen LogP contribution in [0.2, 0.25) is 0 Å². The molecule has 1 aliphatic rings. The van der Waals surface area contributed by atoms with Crippen LogP contribution in [0.4, 0.5) is 0 Å². The Balaban J connectivity index is 1.89. The van der Waals surface area contributed by atoms with Crippen LogP contribution in [0.3, 0.4) is 0 Å². The first kappa shape index (κ1) is 10.8. The molecule has 4 heteroatoms. The number of benzene rings is 1. The molecule has 2 rings (SSSR count). The molecule has 1 aliphatic heterocycles. The first-order valence-corrected chi connectivity index (χ1v) is 5.42. The third-order valence-corrected chi connectivity index (χ3v) is 2.67. The topological polar surface area (TPSA) is 36.9 Å². The van der Waals surface area contributed by atoms with Gasteiger partial charge in [0.15, 0.2) is 5.96 Å². The maximum absolute atomic E-state index is 5.11. The summed E-state index contributed by atoms with van der Waals surface area (Å²) in [5, 5.41) is 3.32. The molecule has 0 fully saturated rings. The van der Waals surface area contributed by atoms with E-state index in [1.54, 1.807) is 7.11 Å². The maximum Gasteiger partial charge on any atom is 0.194 e. The molecule has 0 atom stereocenters. The van der Waals surface area contributed by atoms with Gasteiger partial charge < -0.3 is 15.0 Å². The SMILES string of the molecule is COc1ccc(CNC2=NCCN2C)cc1. The Morgan fingerprint density at radius 1 is 1.38 bits per heavy atom. The third-order valence-electron chi connectivity index (χ3n) is 2.67. The van der Waals surface area contributed by atoms with Gasteiger partial charge >= 0.3 is 0 Å². The standard InChI is InChI=1S/C12H17N3O/c1-15-8-7-13-12(15)14-9-10-3-5-11(16-2)6-4-10/h3-6H,7-9H2,1-2H3,(H,13,14). The van der Waals surface area contributed by atoms with E-state index in [2.05, 4.69) is 27.3 Å². The Kier molecular flexibility index (Phi) is 3.29. The minimum atomic E-state index is 0.799. The Bertz CT molecular complexity index is 372. The molecular weight excluding hydrogens is 202 g/mol. The van der Waals surface area contributed by atoms with Gasteiger partial charge in [0.2, 0.25) is 0 Å². The van der Waals surface area contributed by atoms with Crippen molar-refractivity contribution >= 4 is 5.96 Å². The van der Waals surface area contributed by atoms with Gasteiger partial charge in [-0.25, -0.2) is 0 Å². The molecule has 0 unspecified atom stereocenters. The largest absolute Gasteiger partial charge is 0.497 e. The lowest BCUT2D eigenvalue weighted by atomic mass is 10.2. The molecule has 1 aromatic rings. The molecule has 0 bridgehead atoms.